The molecule has 0 fully saturated rings. The number of ether oxygens (including phenoxy) is 1. The lowest BCUT2D eigenvalue weighted by molar-refractivity contribution is 0.0696. The number of nitrogens with zero attached hydrogens (tertiary/aromatic N) is 2. The van der Waals surface area contributed by atoms with Crippen molar-refractivity contribution >= 4 is 21.9 Å². The Kier molecular flexibility index (Phi) is 2.95. The molecular formula is C13H8N2O5S. The van der Waals surface area contributed by atoms with Crippen molar-refractivity contribution in [2.24, 2.45) is 4.40 Å². The number of carboxylic acids is 1. The van der Waals surface area contributed by atoms with Gasteiger partial charge in [0.1, 0.15) is 10.6 Å². The van der Waals surface area contributed by atoms with Gasteiger partial charge in [-0.1, -0.05) is 12.1 Å². The quantitative estimate of drug-likeness (QED) is 0.896. The highest BCUT2D eigenvalue weighted by molar-refractivity contribution is 7.90. The zero-order chi connectivity index (χ0) is 15.0. The van der Waals surface area contributed by atoms with E-state index in [1.807, 2.05) is 0 Å². The van der Waals surface area contributed by atoms with Crippen LogP contribution in [0.1, 0.15) is 15.9 Å². The number of carboxylic acid groups (broad SMARTS) is 1. The maximum Gasteiger partial charge on any atom is 0.337 e. The van der Waals surface area contributed by atoms with Crippen molar-refractivity contribution in [1.29, 1.82) is 0 Å². The highest BCUT2D eigenvalue weighted by Crippen LogP contribution is 2.27. The van der Waals surface area contributed by atoms with Gasteiger partial charge in [-0.05, 0) is 18.2 Å². The molecule has 106 valence electrons. The highest BCUT2D eigenvalue weighted by Gasteiger charge is 2.30. The van der Waals surface area contributed by atoms with Crippen molar-refractivity contribution in [2.45, 2.75) is 4.90 Å². The molecule has 2 aromatic rings. The first-order chi connectivity index (χ1) is 9.97. The van der Waals surface area contributed by atoms with Crippen molar-refractivity contribution in [3.05, 3.63) is 53.9 Å². The second-order valence-electron chi connectivity index (χ2n) is 4.18. The summed E-state index contributed by atoms with van der Waals surface area (Å²) in [5.74, 6) is -1.16. The maximum atomic E-state index is 11.9. The molecule has 0 aliphatic carbocycles. The van der Waals surface area contributed by atoms with Gasteiger partial charge in [0, 0.05) is 6.20 Å². The molecule has 1 aromatic carbocycles. The minimum Gasteiger partial charge on any atom is -0.478 e. The van der Waals surface area contributed by atoms with Gasteiger partial charge in [-0.15, -0.1) is 4.40 Å². The highest BCUT2D eigenvalue weighted by atomic mass is 32.2. The van der Waals surface area contributed by atoms with Gasteiger partial charge in [0.2, 0.25) is 5.90 Å². The molecule has 21 heavy (non-hydrogen) atoms. The normalized spacial score (nSPS) is 15.1. The zero-order valence-corrected chi connectivity index (χ0v) is 11.2. The van der Waals surface area contributed by atoms with Gasteiger partial charge in [0.25, 0.3) is 10.0 Å². The van der Waals surface area contributed by atoms with Crippen LogP contribution in [0.15, 0.2) is 52.0 Å². The Hall–Kier alpha value is -2.74. The minimum atomic E-state index is -3.78. The van der Waals surface area contributed by atoms with E-state index in [0.717, 1.165) is 6.20 Å². The molecule has 1 aromatic heterocycles. The van der Waals surface area contributed by atoms with Crippen molar-refractivity contribution in [3.63, 3.8) is 0 Å². The molecule has 0 saturated carbocycles. The van der Waals surface area contributed by atoms with Crippen LogP contribution in [0, 0.1) is 0 Å². The molecule has 7 nitrogen and oxygen atoms in total. The van der Waals surface area contributed by atoms with Crippen LogP contribution in [0.4, 0.5) is 0 Å². The van der Waals surface area contributed by atoms with Gasteiger partial charge < -0.3 is 9.84 Å². The Labute approximate surface area is 119 Å². The molecule has 1 aliphatic rings. The Morgan fingerprint density at radius 2 is 1.95 bits per heavy atom. The largest absolute Gasteiger partial charge is 0.478 e. The van der Waals surface area contributed by atoms with E-state index in [2.05, 4.69) is 9.38 Å². The topological polar surface area (TPSA) is 106 Å². The summed E-state index contributed by atoms with van der Waals surface area (Å²) >= 11 is 0. The summed E-state index contributed by atoms with van der Waals surface area (Å²) in [4.78, 5) is 14.7. The first kappa shape index (κ1) is 13.3. The van der Waals surface area contributed by atoms with Gasteiger partial charge in [-0.3, -0.25) is 4.98 Å². The van der Waals surface area contributed by atoms with Crippen LogP contribution in [-0.4, -0.2) is 30.4 Å². The molecule has 0 atom stereocenters. The summed E-state index contributed by atoms with van der Waals surface area (Å²) in [6.07, 6.45) is 2.44. The number of benzene rings is 1. The second-order valence-corrected chi connectivity index (χ2v) is 5.76. The summed E-state index contributed by atoms with van der Waals surface area (Å²) < 4.78 is 32.6. The molecule has 0 amide bonds. The number of sulfonamides is 1. The molecule has 0 bridgehead atoms. The Morgan fingerprint density at radius 3 is 2.71 bits per heavy atom. The van der Waals surface area contributed by atoms with Crippen molar-refractivity contribution in [1.82, 2.24) is 4.98 Å². The van der Waals surface area contributed by atoms with E-state index in [-0.39, 0.29) is 22.1 Å². The van der Waals surface area contributed by atoms with Crippen LogP contribution in [0.25, 0.3) is 0 Å². The van der Waals surface area contributed by atoms with Gasteiger partial charge >= 0.3 is 5.97 Å². The maximum absolute atomic E-state index is 11.9. The number of hydrogen-bond acceptors (Lipinski definition) is 5. The lowest BCUT2D eigenvalue weighted by Crippen LogP contribution is -2.09. The van der Waals surface area contributed by atoms with E-state index in [0.29, 0.717) is 5.56 Å². The van der Waals surface area contributed by atoms with Crippen molar-refractivity contribution in [3.8, 4) is 5.75 Å². The summed E-state index contributed by atoms with van der Waals surface area (Å²) in [5.41, 5.74) is 0.264. The summed E-state index contributed by atoms with van der Waals surface area (Å²) in [6.45, 7) is 0. The number of rotatable bonds is 2. The number of pyridine rings is 1. The SMILES string of the molecule is O=C(O)c1cncc(OC2=NS(=O)(=O)c3ccccc32)c1. The zero-order valence-electron chi connectivity index (χ0n) is 10.4. The van der Waals surface area contributed by atoms with Crippen LogP contribution in [-0.2, 0) is 10.0 Å². The van der Waals surface area contributed by atoms with Gasteiger partial charge in [-0.2, -0.15) is 8.42 Å². The number of aromatic carboxylic acids is 1. The standard InChI is InChI=1S/C13H8N2O5S/c16-13(17)8-5-9(7-14-6-8)20-12-10-3-1-2-4-11(10)21(18,19)15-12/h1-7H,(H,16,17). The fraction of sp³-hybridized carbons (Fsp3) is 0. The van der Waals surface area contributed by atoms with Gasteiger partial charge in [0.15, 0.2) is 0 Å². The monoisotopic (exact) mass is 304 g/mol. The molecule has 0 saturated heterocycles. The number of carbonyl (C=O) groups is 1. The molecule has 0 unspecified atom stereocenters. The summed E-state index contributed by atoms with van der Waals surface area (Å²) in [6, 6.07) is 7.47. The molecule has 8 heteroatoms. The smallest absolute Gasteiger partial charge is 0.337 e. The Morgan fingerprint density at radius 1 is 1.19 bits per heavy atom. The van der Waals surface area contributed by atoms with Crippen molar-refractivity contribution in [2.75, 3.05) is 0 Å². The Balaban J connectivity index is 2.00. The van der Waals surface area contributed by atoms with Gasteiger partial charge in [-0.25, -0.2) is 4.79 Å². The third kappa shape index (κ3) is 2.36. The molecule has 1 N–H and O–H groups in total. The first-order valence-corrected chi connectivity index (χ1v) is 7.22. The van der Waals surface area contributed by atoms with E-state index >= 15 is 0 Å². The summed E-state index contributed by atoms with van der Waals surface area (Å²) in [7, 11) is -3.78. The minimum absolute atomic E-state index is 0.0577. The van der Waals surface area contributed by atoms with Crippen LogP contribution in [0.2, 0.25) is 0 Å². The van der Waals surface area contributed by atoms with Crippen LogP contribution in [0.5, 0.6) is 5.75 Å². The lowest BCUT2D eigenvalue weighted by atomic mass is 10.2. The number of fused-ring (bicyclic) bond motifs is 1. The third-order valence-electron chi connectivity index (χ3n) is 2.77. The third-order valence-corrected chi connectivity index (χ3v) is 4.09. The molecule has 0 spiro atoms. The van der Waals surface area contributed by atoms with E-state index < -0.39 is 16.0 Å². The molecule has 2 heterocycles. The summed E-state index contributed by atoms with van der Waals surface area (Å²) in [5, 5.41) is 8.89. The van der Waals surface area contributed by atoms with Crippen LogP contribution in [0.3, 0.4) is 0 Å². The molecule has 1 aliphatic heterocycles. The van der Waals surface area contributed by atoms with Gasteiger partial charge in [0.05, 0.1) is 17.3 Å². The number of aromatic nitrogens is 1. The van der Waals surface area contributed by atoms with Crippen molar-refractivity contribution < 1.29 is 23.1 Å². The van der Waals surface area contributed by atoms with Crippen LogP contribution < -0.4 is 4.74 Å². The second kappa shape index (κ2) is 4.67. The lowest BCUT2D eigenvalue weighted by Gasteiger charge is -2.05. The molecule has 3 rings (SSSR count). The van der Waals surface area contributed by atoms with E-state index in [1.165, 1.54) is 18.3 Å². The predicted molar refractivity (Wildman–Crippen MR) is 72.0 cm³/mol. The van der Waals surface area contributed by atoms with E-state index in [9.17, 15) is 13.2 Å². The Bertz CT molecular complexity index is 874. The molecular weight excluding hydrogens is 296 g/mol. The number of hydrogen-bond donors (Lipinski definition) is 1. The molecule has 0 radical (unpaired) electrons. The first-order valence-electron chi connectivity index (χ1n) is 5.78. The average Bonchev–Trinajstić information content (AvgIpc) is 2.71. The average molecular weight is 304 g/mol. The predicted octanol–water partition coefficient (Wildman–Crippen LogP) is 1.31. The van der Waals surface area contributed by atoms with E-state index in [1.54, 1.807) is 18.2 Å². The van der Waals surface area contributed by atoms with E-state index in [4.69, 9.17) is 9.84 Å². The van der Waals surface area contributed by atoms with Crippen LogP contribution >= 0.6 is 0 Å². The fourth-order valence-electron chi connectivity index (χ4n) is 1.85. The fourth-order valence-corrected chi connectivity index (χ4v) is 2.99.